The minimum Gasteiger partial charge on any atom is -0.383 e. The zero-order valence-corrected chi connectivity index (χ0v) is 14.3. The Bertz CT molecular complexity index is 833. The van der Waals surface area contributed by atoms with Crippen LogP contribution < -0.4 is 5.32 Å². The second-order valence-electron chi connectivity index (χ2n) is 5.25. The lowest BCUT2D eigenvalue weighted by molar-refractivity contribution is 0.210. The van der Waals surface area contributed by atoms with Crippen molar-refractivity contribution in [3.63, 3.8) is 0 Å². The highest BCUT2D eigenvalue weighted by molar-refractivity contribution is 6.30. The number of hydrogen-bond donors (Lipinski definition) is 1. The van der Waals surface area contributed by atoms with E-state index in [-0.39, 0.29) is 0 Å². The molecule has 0 saturated heterocycles. The molecule has 3 rings (SSSR count). The Labute approximate surface area is 145 Å². The maximum absolute atomic E-state index is 6.13. The smallest absolute Gasteiger partial charge is 0.223 e. The van der Waals surface area contributed by atoms with Crippen molar-refractivity contribution >= 4 is 17.5 Å². The Morgan fingerprint density at radius 3 is 2.88 bits per heavy atom. The van der Waals surface area contributed by atoms with E-state index >= 15 is 0 Å². The SMILES string of the molecule is COCCNc1ncc(-c2cccc(Cl)c2)c(-c2nccn2C)n1. The lowest BCUT2D eigenvalue weighted by atomic mass is 10.1. The zero-order valence-electron chi connectivity index (χ0n) is 13.5. The van der Waals surface area contributed by atoms with Gasteiger partial charge in [0.2, 0.25) is 5.95 Å². The van der Waals surface area contributed by atoms with Crippen LogP contribution in [0.4, 0.5) is 5.95 Å². The van der Waals surface area contributed by atoms with Gasteiger partial charge in [0.15, 0.2) is 5.82 Å². The van der Waals surface area contributed by atoms with Gasteiger partial charge in [-0.1, -0.05) is 23.7 Å². The minimum absolute atomic E-state index is 0.538. The van der Waals surface area contributed by atoms with Crippen molar-refractivity contribution in [1.82, 2.24) is 19.5 Å². The van der Waals surface area contributed by atoms with E-state index < -0.39 is 0 Å². The number of nitrogens with zero attached hydrogens (tertiary/aromatic N) is 4. The van der Waals surface area contributed by atoms with Crippen molar-refractivity contribution in [2.75, 3.05) is 25.6 Å². The highest BCUT2D eigenvalue weighted by Gasteiger charge is 2.15. The van der Waals surface area contributed by atoms with Gasteiger partial charge in [0.25, 0.3) is 0 Å². The molecule has 0 radical (unpaired) electrons. The molecule has 2 heterocycles. The first kappa shape index (κ1) is 16.4. The van der Waals surface area contributed by atoms with Gasteiger partial charge in [-0.2, -0.15) is 0 Å². The highest BCUT2D eigenvalue weighted by atomic mass is 35.5. The Kier molecular flexibility index (Phi) is 5.08. The summed E-state index contributed by atoms with van der Waals surface area (Å²) >= 11 is 6.13. The number of imidazole rings is 1. The minimum atomic E-state index is 0.538. The summed E-state index contributed by atoms with van der Waals surface area (Å²) in [6.45, 7) is 1.21. The van der Waals surface area contributed by atoms with Gasteiger partial charge in [-0.3, -0.25) is 0 Å². The van der Waals surface area contributed by atoms with E-state index in [0.29, 0.717) is 24.1 Å². The average molecular weight is 344 g/mol. The number of benzene rings is 1. The third kappa shape index (κ3) is 3.55. The summed E-state index contributed by atoms with van der Waals surface area (Å²) in [5.74, 6) is 1.30. The van der Waals surface area contributed by atoms with Gasteiger partial charge in [-0.15, -0.1) is 0 Å². The molecule has 7 heteroatoms. The largest absolute Gasteiger partial charge is 0.383 e. The normalized spacial score (nSPS) is 10.8. The topological polar surface area (TPSA) is 64.9 Å². The molecule has 0 spiro atoms. The molecule has 0 fully saturated rings. The van der Waals surface area contributed by atoms with E-state index in [2.05, 4.69) is 20.3 Å². The summed E-state index contributed by atoms with van der Waals surface area (Å²) in [5.41, 5.74) is 2.58. The Morgan fingerprint density at radius 2 is 2.17 bits per heavy atom. The predicted molar refractivity (Wildman–Crippen MR) is 95.0 cm³/mol. The monoisotopic (exact) mass is 343 g/mol. The number of hydrogen-bond acceptors (Lipinski definition) is 5. The molecule has 124 valence electrons. The van der Waals surface area contributed by atoms with Crippen molar-refractivity contribution in [1.29, 1.82) is 0 Å². The van der Waals surface area contributed by atoms with Crippen molar-refractivity contribution in [3.05, 3.63) is 47.9 Å². The Morgan fingerprint density at radius 1 is 1.29 bits per heavy atom. The molecular formula is C17H18ClN5O. The lowest BCUT2D eigenvalue weighted by Gasteiger charge is -2.11. The second kappa shape index (κ2) is 7.42. The standard InChI is InChI=1S/C17H18ClN5O/c1-23-8-6-19-16(23)15-14(12-4-3-5-13(18)10-12)11-21-17(22-15)20-7-9-24-2/h3-6,8,10-11H,7,9H2,1-2H3,(H,20,21,22). The number of ether oxygens (including phenoxy) is 1. The van der Waals surface area contributed by atoms with Crippen LogP contribution in [0.15, 0.2) is 42.9 Å². The zero-order chi connectivity index (χ0) is 16.9. The predicted octanol–water partition coefficient (Wildman–Crippen LogP) is 3.26. The molecule has 24 heavy (non-hydrogen) atoms. The van der Waals surface area contributed by atoms with Crippen LogP contribution in [-0.4, -0.2) is 39.8 Å². The van der Waals surface area contributed by atoms with Crippen molar-refractivity contribution < 1.29 is 4.74 Å². The summed E-state index contributed by atoms with van der Waals surface area (Å²) in [6.07, 6.45) is 5.42. The molecule has 2 aromatic heterocycles. The number of aryl methyl sites for hydroxylation is 1. The maximum Gasteiger partial charge on any atom is 0.223 e. The quantitative estimate of drug-likeness (QED) is 0.696. The number of rotatable bonds is 6. The molecule has 0 bridgehead atoms. The molecule has 0 amide bonds. The Hall–Kier alpha value is -2.44. The summed E-state index contributed by atoms with van der Waals surface area (Å²) in [4.78, 5) is 13.5. The van der Waals surface area contributed by atoms with E-state index in [9.17, 15) is 0 Å². The van der Waals surface area contributed by atoms with Gasteiger partial charge < -0.3 is 14.6 Å². The molecule has 0 aliphatic carbocycles. The molecule has 3 aromatic rings. The summed E-state index contributed by atoms with van der Waals surface area (Å²) in [6, 6.07) is 7.62. The lowest BCUT2D eigenvalue weighted by Crippen LogP contribution is -2.11. The van der Waals surface area contributed by atoms with Crippen LogP contribution in [0.2, 0.25) is 5.02 Å². The first-order valence-electron chi connectivity index (χ1n) is 7.52. The highest BCUT2D eigenvalue weighted by Crippen LogP contribution is 2.31. The fourth-order valence-corrected chi connectivity index (χ4v) is 2.55. The molecule has 0 atom stereocenters. The van der Waals surface area contributed by atoms with E-state index in [4.69, 9.17) is 16.3 Å². The molecule has 1 N–H and O–H groups in total. The summed E-state index contributed by atoms with van der Waals surface area (Å²) in [7, 11) is 3.59. The van der Waals surface area contributed by atoms with Gasteiger partial charge in [-0.25, -0.2) is 15.0 Å². The molecule has 0 saturated carbocycles. The van der Waals surface area contributed by atoms with E-state index in [1.54, 1.807) is 19.5 Å². The van der Waals surface area contributed by atoms with Crippen molar-refractivity contribution in [2.24, 2.45) is 7.05 Å². The van der Waals surface area contributed by atoms with Gasteiger partial charge in [0.1, 0.15) is 5.69 Å². The average Bonchev–Trinajstić information content (AvgIpc) is 3.01. The van der Waals surface area contributed by atoms with E-state index in [0.717, 1.165) is 22.6 Å². The van der Waals surface area contributed by atoms with Gasteiger partial charge in [0, 0.05) is 49.9 Å². The summed E-state index contributed by atoms with van der Waals surface area (Å²) in [5, 5.41) is 3.81. The number of anilines is 1. The number of aromatic nitrogens is 4. The first-order chi connectivity index (χ1) is 11.7. The van der Waals surface area contributed by atoms with E-state index in [1.165, 1.54) is 0 Å². The van der Waals surface area contributed by atoms with Crippen LogP contribution in [0, 0.1) is 0 Å². The number of methoxy groups -OCH3 is 1. The fraction of sp³-hybridized carbons (Fsp3) is 0.235. The van der Waals surface area contributed by atoms with Crippen LogP contribution in [0.5, 0.6) is 0 Å². The number of nitrogens with one attached hydrogen (secondary N) is 1. The van der Waals surface area contributed by atoms with Crippen LogP contribution in [0.25, 0.3) is 22.6 Å². The van der Waals surface area contributed by atoms with E-state index in [1.807, 2.05) is 42.1 Å². The van der Waals surface area contributed by atoms with Crippen LogP contribution in [-0.2, 0) is 11.8 Å². The van der Waals surface area contributed by atoms with Crippen molar-refractivity contribution in [2.45, 2.75) is 0 Å². The fourth-order valence-electron chi connectivity index (χ4n) is 2.36. The van der Waals surface area contributed by atoms with Crippen LogP contribution in [0.1, 0.15) is 0 Å². The molecule has 0 aliphatic rings. The summed E-state index contributed by atoms with van der Waals surface area (Å²) < 4.78 is 6.97. The molecule has 0 aliphatic heterocycles. The first-order valence-corrected chi connectivity index (χ1v) is 7.90. The van der Waals surface area contributed by atoms with Crippen LogP contribution >= 0.6 is 11.6 Å². The van der Waals surface area contributed by atoms with Gasteiger partial charge in [-0.05, 0) is 17.7 Å². The molecule has 0 unspecified atom stereocenters. The Balaban J connectivity index is 2.06. The number of halogens is 1. The molecular weight excluding hydrogens is 326 g/mol. The second-order valence-corrected chi connectivity index (χ2v) is 5.68. The maximum atomic E-state index is 6.13. The molecule has 6 nitrogen and oxygen atoms in total. The van der Waals surface area contributed by atoms with Gasteiger partial charge >= 0.3 is 0 Å². The van der Waals surface area contributed by atoms with Crippen molar-refractivity contribution in [3.8, 4) is 22.6 Å². The third-order valence-corrected chi connectivity index (χ3v) is 3.78. The van der Waals surface area contributed by atoms with Crippen LogP contribution in [0.3, 0.4) is 0 Å². The van der Waals surface area contributed by atoms with Gasteiger partial charge in [0.05, 0.1) is 6.61 Å². The third-order valence-electron chi connectivity index (χ3n) is 3.55. The molecule has 1 aromatic carbocycles.